The molecule has 2 rings (SSSR count). The summed E-state index contributed by atoms with van der Waals surface area (Å²) < 4.78 is 0.928. The molecule has 1 aliphatic carbocycles. The third kappa shape index (κ3) is 2.40. The van der Waals surface area contributed by atoms with Gasteiger partial charge >= 0.3 is 0 Å². The number of rotatable bonds is 2. The van der Waals surface area contributed by atoms with Crippen molar-refractivity contribution >= 4 is 33.0 Å². The Bertz CT molecular complexity index is 406. The van der Waals surface area contributed by atoms with Crippen LogP contribution in [0.2, 0.25) is 0 Å². The van der Waals surface area contributed by atoms with Crippen LogP contribution < -0.4 is 0 Å². The highest BCUT2D eigenvalue weighted by atomic mass is 79.9. The van der Waals surface area contributed by atoms with Gasteiger partial charge in [0.1, 0.15) is 0 Å². The number of halogens is 1. The monoisotopic (exact) mass is 284 g/mol. The predicted molar refractivity (Wildman–Crippen MR) is 67.4 cm³/mol. The van der Waals surface area contributed by atoms with Crippen LogP contribution in [0.15, 0.2) is 26.9 Å². The topological polar surface area (TPSA) is 17.1 Å². The van der Waals surface area contributed by atoms with E-state index in [1.165, 1.54) is 0 Å². The third-order valence-electron chi connectivity index (χ3n) is 2.82. The van der Waals surface area contributed by atoms with E-state index in [9.17, 15) is 4.79 Å². The molecule has 1 heterocycles. The van der Waals surface area contributed by atoms with Crippen molar-refractivity contribution in [3.8, 4) is 0 Å². The molecule has 0 N–H and O–H groups in total. The first-order valence-electron chi connectivity index (χ1n) is 5.14. The average molecular weight is 285 g/mol. The maximum atomic E-state index is 12.1. The highest BCUT2D eigenvalue weighted by molar-refractivity contribution is 9.10. The van der Waals surface area contributed by atoms with Crippen molar-refractivity contribution in [3.05, 3.63) is 32.4 Å². The molecule has 0 saturated heterocycles. The summed E-state index contributed by atoms with van der Waals surface area (Å²) in [4.78, 5) is 12.1. The maximum absolute atomic E-state index is 12.1. The molecule has 1 atom stereocenters. The van der Waals surface area contributed by atoms with Gasteiger partial charge in [-0.2, -0.15) is 11.3 Å². The number of ketones is 1. The van der Waals surface area contributed by atoms with Crippen molar-refractivity contribution in [2.75, 3.05) is 0 Å². The second-order valence-corrected chi connectivity index (χ2v) is 5.67. The lowest BCUT2D eigenvalue weighted by Crippen LogP contribution is -2.09. The number of allylic oxidation sites excluding steroid dienone is 2. The van der Waals surface area contributed by atoms with Gasteiger partial charge in [0.05, 0.1) is 0 Å². The highest BCUT2D eigenvalue weighted by Gasteiger charge is 2.19. The molecule has 0 amide bonds. The smallest absolute Gasteiger partial charge is 0.190 e. The first kappa shape index (κ1) is 11.1. The zero-order chi connectivity index (χ0) is 10.8. The van der Waals surface area contributed by atoms with Crippen LogP contribution in [0.4, 0.5) is 0 Å². The van der Waals surface area contributed by atoms with Crippen LogP contribution in [0.3, 0.4) is 0 Å². The van der Waals surface area contributed by atoms with Crippen molar-refractivity contribution in [2.24, 2.45) is 5.92 Å². The van der Waals surface area contributed by atoms with Crippen LogP contribution in [0.25, 0.3) is 0 Å². The van der Waals surface area contributed by atoms with Crippen molar-refractivity contribution < 1.29 is 4.79 Å². The largest absolute Gasteiger partial charge is 0.289 e. The van der Waals surface area contributed by atoms with E-state index in [1.54, 1.807) is 11.3 Å². The van der Waals surface area contributed by atoms with Gasteiger partial charge < -0.3 is 0 Å². The first-order chi connectivity index (χ1) is 7.18. The van der Waals surface area contributed by atoms with Crippen LogP contribution in [0, 0.1) is 5.92 Å². The number of hydrogen-bond donors (Lipinski definition) is 0. The predicted octanol–water partition coefficient (Wildman–Crippen LogP) is 4.44. The Morgan fingerprint density at radius 2 is 2.33 bits per heavy atom. The Morgan fingerprint density at radius 1 is 1.53 bits per heavy atom. The maximum Gasteiger partial charge on any atom is 0.190 e. The Labute approximate surface area is 102 Å². The van der Waals surface area contributed by atoms with E-state index in [0.717, 1.165) is 40.8 Å². The van der Waals surface area contributed by atoms with Crippen LogP contribution in [0.1, 0.15) is 36.5 Å². The van der Waals surface area contributed by atoms with Gasteiger partial charge in [-0.05, 0) is 46.7 Å². The lowest BCUT2D eigenvalue weighted by Gasteiger charge is -2.17. The summed E-state index contributed by atoms with van der Waals surface area (Å²) >= 11 is 4.97. The molecular weight excluding hydrogens is 272 g/mol. The number of carbonyl (C=O) groups is 1. The van der Waals surface area contributed by atoms with E-state index in [4.69, 9.17) is 0 Å². The zero-order valence-electron chi connectivity index (χ0n) is 8.63. The third-order valence-corrected chi connectivity index (χ3v) is 4.53. The van der Waals surface area contributed by atoms with Gasteiger partial charge in [-0.25, -0.2) is 0 Å². The number of thiophene rings is 1. The summed E-state index contributed by atoms with van der Waals surface area (Å²) in [6, 6.07) is 0. The summed E-state index contributed by atoms with van der Waals surface area (Å²) in [5, 5.41) is 3.88. The van der Waals surface area contributed by atoms with E-state index in [2.05, 4.69) is 28.9 Å². The van der Waals surface area contributed by atoms with E-state index in [-0.39, 0.29) is 5.78 Å². The zero-order valence-corrected chi connectivity index (χ0v) is 11.0. The fourth-order valence-electron chi connectivity index (χ4n) is 1.79. The van der Waals surface area contributed by atoms with Crippen LogP contribution in [-0.2, 0) is 0 Å². The summed E-state index contributed by atoms with van der Waals surface area (Å²) in [6.07, 6.45) is 5.23. The Kier molecular flexibility index (Phi) is 3.42. The molecule has 80 valence electrons. The van der Waals surface area contributed by atoms with Gasteiger partial charge in [-0.15, -0.1) is 0 Å². The molecule has 1 aromatic rings. The van der Waals surface area contributed by atoms with Crippen LogP contribution in [0.5, 0.6) is 0 Å². The first-order valence-corrected chi connectivity index (χ1v) is 6.87. The summed E-state index contributed by atoms with van der Waals surface area (Å²) in [5.74, 6) is 0.933. The van der Waals surface area contributed by atoms with E-state index < -0.39 is 0 Å². The van der Waals surface area contributed by atoms with Crippen LogP contribution >= 0.6 is 27.3 Å². The molecule has 3 heteroatoms. The van der Waals surface area contributed by atoms with Crippen molar-refractivity contribution in [2.45, 2.75) is 26.2 Å². The van der Waals surface area contributed by atoms with Crippen molar-refractivity contribution in [3.63, 3.8) is 0 Å². The fourth-order valence-corrected chi connectivity index (χ4v) is 3.24. The molecule has 1 unspecified atom stereocenters. The van der Waals surface area contributed by atoms with E-state index >= 15 is 0 Å². The van der Waals surface area contributed by atoms with Crippen LogP contribution in [-0.4, -0.2) is 5.78 Å². The van der Waals surface area contributed by atoms with Crippen molar-refractivity contribution in [1.82, 2.24) is 0 Å². The molecule has 15 heavy (non-hydrogen) atoms. The summed E-state index contributed by atoms with van der Waals surface area (Å²) in [7, 11) is 0. The van der Waals surface area contributed by atoms with E-state index in [0.29, 0.717) is 0 Å². The normalized spacial score (nSPS) is 21.2. The fraction of sp³-hybridized carbons (Fsp3) is 0.417. The minimum atomic E-state index is 0.204. The molecule has 0 radical (unpaired) electrons. The SMILES string of the molecule is CC1CC=C(C(=O)c2cscc2Br)CC1. The molecular formula is C12H13BrOS. The molecule has 0 bridgehead atoms. The van der Waals surface area contributed by atoms with Gasteiger partial charge in [0.25, 0.3) is 0 Å². The highest BCUT2D eigenvalue weighted by Crippen LogP contribution is 2.29. The molecule has 0 aliphatic heterocycles. The molecule has 1 aliphatic rings. The van der Waals surface area contributed by atoms with Gasteiger partial charge in [0.2, 0.25) is 0 Å². The Balaban J connectivity index is 2.19. The number of carbonyl (C=O) groups excluding carboxylic acids is 1. The quantitative estimate of drug-likeness (QED) is 0.734. The Hall–Kier alpha value is -0.410. The molecule has 0 saturated carbocycles. The second kappa shape index (κ2) is 4.62. The standard InChI is InChI=1S/C12H13BrOS/c1-8-2-4-9(5-3-8)12(14)10-6-15-7-11(10)13/h4,6-8H,2-3,5H2,1H3. The van der Waals surface area contributed by atoms with Gasteiger partial charge in [0, 0.05) is 20.8 Å². The number of hydrogen-bond acceptors (Lipinski definition) is 2. The van der Waals surface area contributed by atoms with Gasteiger partial charge in [0.15, 0.2) is 5.78 Å². The number of Topliss-reactive ketones (excluding diaryl/α,β-unsaturated/α-hetero) is 1. The van der Waals surface area contributed by atoms with Gasteiger partial charge in [-0.1, -0.05) is 13.0 Å². The van der Waals surface area contributed by atoms with Crippen molar-refractivity contribution in [1.29, 1.82) is 0 Å². The minimum Gasteiger partial charge on any atom is -0.289 e. The average Bonchev–Trinajstić information content (AvgIpc) is 2.65. The lowest BCUT2D eigenvalue weighted by molar-refractivity contribution is 0.102. The molecule has 0 aromatic carbocycles. The molecule has 1 nitrogen and oxygen atoms in total. The summed E-state index contributed by atoms with van der Waals surface area (Å²) in [6.45, 7) is 2.23. The molecule has 0 spiro atoms. The van der Waals surface area contributed by atoms with Gasteiger partial charge in [-0.3, -0.25) is 4.79 Å². The summed E-state index contributed by atoms with van der Waals surface area (Å²) in [5.41, 5.74) is 1.81. The second-order valence-electron chi connectivity index (χ2n) is 4.07. The minimum absolute atomic E-state index is 0.204. The van der Waals surface area contributed by atoms with E-state index in [1.807, 2.05) is 10.8 Å². The molecule has 0 fully saturated rings. The lowest BCUT2D eigenvalue weighted by atomic mass is 9.88. The molecule has 1 aromatic heterocycles. The Morgan fingerprint density at radius 3 is 2.87 bits per heavy atom.